The first-order chi connectivity index (χ1) is 12.7. The van der Waals surface area contributed by atoms with Gasteiger partial charge in [-0.15, -0.1) is 5.10 Å². The second kappa shape index (κ2) is 8.29. The van der Waals surface area contributed by atoms with Crippen LogP contribution in [0, 0.1) is 6.92 Å². The lowest BCUT2D eigenvalue weighted by molar-refractivity contribution is 0.0945. The van der Waals surface area contributed by atoms with Crippen molar-refractivity contribution in [3.05, 3.63) is 77.0 Å². The zero-order valence-corrected chi connectivity index (χ0v) is 15.0. The van der Waals surface area contributed by atoms with Crippen LogP contribution in [0.5, 0.6) is 5.88 Å². The maximum atomic E-state index is 12.4. The maximum Gasteiger partial charge on any atom is 0.277 e. The number of hydrogen-bond acceptors (Lipinski definition) is 4. The summed E-state index contributed by atoms with van der Waals surface area (Å²) >= 11 is 0. The minimum atomic E-state index is -0.284. The molecule has 0 radical (unpaired) electrons. The van der Waals surface area contributed by atoms with Gasteiger partial charge in [0.15, 0.2) is 0 Å². The summed E-state index contributed by atoms with van der Waals surface area (Å²) in [6.07, 6.45) is 0.756. The van der Waals surface area contributed by atoms with Crippen LogP contribution < -0.4 is 10.1 Å². The van der Waals surface area contributed by atoms with E-state index in [1.807, 2.05) is 61.5 Å². The minimum absolute atomic E-state index is 0.202. The Kier molecular flexibility index (Phi) is 5.63. The van der Waals surface area contributed by atoms with Crippen LogP contribution in [0.1, 0.15) is 27.2 Å². The van der Waals surface area contributed by atoms with Crippen molar-refractivity contribution in [2.24, 2.45) is 0 Å². The average molecular weight is 350 g/mol. The van der Waals surface area contributed by atoms with Crippen molar-refractivity contribution in [2.45, 2.75) is 19.9 Å². The van der Waals surface area contributed by atoms with E-state index in [-0.39, 0.29) is 11.6 Å². The number of amides is 1. The lowest BCUT2D eigenvalue weighted by Gasteiger charge is -2.07. The van der Waals surface area contributed by atoms with Crippen LogP contribution in [0.15, 0.2) is 54.6 Å². The van der Waals surface area contributed by atoms with Gasteiger partial charge in [0.05, 0.1) is 13.7 Å². The van der Waals surface area contributed by atoms with Crippen molar-refractivity contribution in [3.8, 4) is 5.88 Å². The predicted octanol–water partition coefficient (Wildman–Crippen LogP) is 2.62. The summed E-state index contributed by atoms with van der Waals surface area (Å²) in [5.74, 6) is 0.0794. The smallest absolute Gasteiger partial charge is 0.277 e. The monoisotopic (exact) mass is 350 g/mol. The van der Waals surface area contributed by atoms with Crippen LogP contribution in [0.3, 0.4) is 0 Å². The van der Waals surface area contributed by atoms with Crippen molar-refractivity contribution in [3.63, 3.8) is 0 Å². The van der Waals surface area contributed by atoms with Gasteiger partial charge in [0, 0.05) is 6.54 Å². The van der Waals surface area contributed by atoms with Gasteiger partial charge in [0.2, 0.25) is 11.6 Å². The van der Waals surface area contributed by atoms with Crippen LogP contribution in [0.2, 0.25) is 0 Å². The first kappa shape index (κ1) is 17.7. The van der Waals surface area contributed by atoms with Crippen LogP contribution >= 0.6 is 0 Å². The van der Waals surface area contributed by atoms with Crippen LogP contribution in [0.25, 0.3) is 0 Å². The normalized spacial score (nSPS) is 10.5. The molecule has 1 aromatic heterocycles. The Labute approximate surface area is 152 Å². The summed E-state index contributed by atoms with van der Waals surface area (Å²) in [5.41, 5.74) is 3.63. The zero-order chi connectivity index (χ0) is 18.4. The Morgan fingerprint density at radius 1 is 1.08 bits per heavy atom. The molecule has 0 bridgehead atoms. The summed E-state index contributed by atoms with van der Waals surface area (Å²) in [6.45, 7) is 3.06. The SMILES string of the molecule is COc1c(C(=O)NCCc2ccccc2)nnn1Cc1ccc(C)cc1. The van der Waals surface area contributed by atoms with E-state index in [1.165, 1.54) is 18.2 Å². The third kappa shape index (κ3) is 4.27. The molecule has 0 saturated carbocycles. The van der Waals surface area contributed by atoms with E-state index in [0.29, 0.717) is 19.0 Å². The highest BCUT2D eigenvalue weighted by Crippen LogP contribution is 2.17. The molecule has 0 aliphatic heterocycles. The summed E-state index contributed by atoms with van der Waals surface area (Å²) in [6, 6.07) is 18.1. The van der Waals surface area contributed by atoms with Gasteiger partial charge in [-0.05, 0) is 24.5 Å². The molecule has 0 fully saturated rings. The van der Waals surface area contributed by atoms with Crippen LogP contribution in [0.4, 0.5) is 0 Å². The Morgan fingerprint density at radius 3 is 2.50 bits per heavy atom. The van der Waals surface area contributed by atoms with Gasteiger partial charge < -0.3 is 10.1 Å². The van der Waals surface area contributed by atoms with Crippen molar-refractivity contribution in [1.29, 1.82) is 0 Å². The number of carbonyl (C=O) groups is 1. The third-order valence-corrected chi connectivity index (χ3v) is 4.09. The molecule has 0 aliphatic rings. The van der Waals surface area contributed by atoms with Crippen LogP contribution in [-0.2, 0) is 13.0 Å². The molecule has 6 nitrogen and oxygen atoms in total. The predicted molar refractivity (Wildman–Crippen MR) is 99.3 cm³/mol. The van der Waals surface area contributed by atoms with Gasteiger partial charge in [-0.2, -0.15) is 0 Å². The highest BCUT2D eigenvalue weighted by Gasteiger charge is 2.20. The molecule has 1 amide bonds. The molecule has 6 heteroatoms. The fourth-order valence-corrected chi connectivity index (χ4v) is 2.67. The maximum absolute atomic E-state index is 12.4. The number of hydrogen-bond donors (Lipinski definition) is 1. The number of ether oxygens (including phenoxy) is 1. The highest BCUT2D eigenvalue weighted by molar-refractivity contribution is 5.94. The number of aromatic nitrogens is 3. The van der Waals surface area contributed by atoms with Crippen molar-refractivity contribution in [1.82, 2.24) is 20.3 Å². The average Bonchev–Trinajstić information content (AvgIpc) is 3.07. The third-order valence-electron chi connectivity index (χ3n) is 4.09. The van der Waals surface area contributed by atoms with E-state index in [4.69, 9.17) is 4.74 Å². The van der Waals surface area contributed by atoms with Gasteiger partial charge in [-0.25, -0.2) is 4.68 Å². The van der Waals surface area contributed by atoms with Gasteiger partial charge in [-0.3, -0.25) is 4.79 Å². The van der Waals surface area contributed by atoms with Gasteiger partial charge in [0.25, 0.3) is 5.91 Å². The number of carbonyl (C=O) groups excluding carboxylic acids is 1. The lowest BCUT2D eigenvalue weighted by Crippen LogP contribution is -2.26. The van der Waals surface area contributed by atoms with E-state index in [0.717, 1.165) is 12.0 Å². The number of methoxy groups -OCH3 is 1. The first-order valence-electron chi connectivity index (χ1n) is 8.52. The highest BCUT2D eigenvalue weighted by atomic mass is 16.5. The molecule has 0 unspecified atom stereocenters. The molecule has 3 aromatic rings. The Bertz CT molecular complexity index is 857. The molecular weight excluding hydrogens is 328 g/mol. The molecular formula is C20H22N4O2. The molecule has 26 heavy (non-hydrogen) atoms. The molecule has 3 rings (SSSR count). The van der Waals surface area contributed by atoms with Crippen molar-refractivity contribution < 1.29 is 9.53 Å². The largest absolute Gasteiger partial charge is 0.479 e. The molecule has 0 atom stereocenters. The van der Waals surface area contributed by atoms with E-state index in [2.05, 4.69) is 15.6 Å². The Morgan fingerprint density at radius 2 is 1.81 bits per heavy atom. The summed E-state index contributed by atoms with van der Waals surface area (Å²) < 4.78 is 6.97. The number of nitrogens with one attached hydrogen (secondary N) is 1. The zero-order valence-electron chi connectivity index (χ0n) is 15.0. The molecule has 1 heterocycles. The Balaban J connectivity index is 1.64. The summed E-state index contributed by atoms with van der Waals surface area (Å²) in [7, 11) is 1.52. The van der Waals surface area contributed by atoms with Gasteiger partial charge >= 0.3 is 0 Å². The summed E-state index contributed by atoms with van der Waals surface area (Å²) in [5, 5.41) is 10.9. The molecule has 1 N–H and O–H groups in total. The van der Waals surface area contributed by atoms with Crippen molar-refractivity contribution in [2.75, 3.05) is 13.7 Å². The van der Waals surface area contributed by atoms with Crippen molar-refractivity contribution >= 4 is 5.91 Å². The second-order valence-corrected chi connectivity index (χ2v) is 6.08. The lowest BCUT2D eigenvalue weighted by atomic mass is 10.1. The van der Waals surface area contributed by atoms with E-state index in [1.54, 1.807) is 4.68 Å². The van der Waals surface area contributed by atoms with Crippen LogP contribution in [-0.4, -0.2) is 34.6 Å². The number of aryl methyl sites for hydroxylation is 1. The van der Waals surface area contributed by atoms with E-state index >= 15 is 0 Å². The summed E-state index contributed by atoms with van der Waals surface area (Å²) in [4.78, 5) is 12.4. The van der Waals surface area contributed by atoms with Gasteiger partial charge in [-0.1, -0.05) is 65.4 Å². The number of benzene rings is 2. The van der Waals surface area contributed by atoms with E-state index < -0.39 is 0 Å². The molecule has 134 valence electrons. The first-order valence-corrected chi connectivity index (χ1v) is 8.52. The minimum Gasteiger partial charge on any atom is -0.479 e. The number of rotatable bonds is 7. The molecule has 2 aromatic carbocycles. The fraction of sp³-hybridized carbons (Fsp3) is 0.250. The van der Waals surface area contributed by atoms with Gasteiger partial charge in [0.1, 0.15) is 0 Å². The standard InChI is InChI=1S/C20H22N4O2/c1-15-8-10-17(11-9-15)14-24-20(26-2)18(22-23-24)19(25)21-13-12-16-6-4-3-5-7-16/h3-11H,12-14H2,1-2H3,(H,21,25). The molecule has 0 saturated heterocycles. The molecule has 0 spiro atoms. The fourth-order valence-electron chi connectivity index (χ4n) is 2.67. The quantitative estimate of drug-likeness (QED) is 0.711. The Hall–Kier alpha value is -3.15. The molecule has 0 aliphatic carbocycles. The second-order valence-electron chi connectivity index (χ2n) is 6.08. The number of nitrogens with zero attached hydrogens (tertiary/aromatic N) is 3. The van der Waals surface area contributed by atoms with E-state index in [9.17, 15) is 4.79 Å². The topological polar surface area (TPSA) is 69.0 Å².